The molecule has 0 spiro atoms. The molecule has 0 aliphatic carbocycles. The zero-order valence-corrected chi connectivity index (χ0v) is 27.8. The number of ether oxygens (including phenoxy) is 2. The minimum atomic E-state index is -3.53. The third kappa shape index (κ3) is 28.3. The molecule has 11 heteroatoms. The topological polar surface area (TPSA) is 123 Å². The molecule has 0 rings (SSSR count). The first kappa shape index (κ1) is 39.4. The smallest absolute Gasteiger partial charge is 0.407 e. The molecule has 2 amide bonds. The highest BCUT2D eigenvalue weighted by molar-refractivity contribution is 7.89. The van der Waals surface area contributed by atoms with Crippen LogP contribution < -0.4 is 15.4 Å². The van der Waals surface area contributed by atoms with Crippen LogP contribution in [0, 0.1) is 0 Å². The van der Waals surface area contributed by atoms with Crippen molar-refractivity contribution in [2.45, 2.75) is 122 Å². The molecule has 1 unspecified atom stereocenters. The number of nitrogens with one attached hydrogen (secondary N) is 3. The van der Waals surface area contributed by atoms with Gasteiger partial charge in [0.25, 0.3) is 0 Å². The van der Waals surface area contributed by atoms with Crippen molar-refractivity contribution in [3.05, 3.63) is 0 Å². The fourth-order valence-electron chi connectivity index (χ4n) is 4.50. The van der Waals surface area contributed by atoms with E-state index >= 15 is 0 Å². The van der Waals surface area contributed by atoms with E-state index in [1.807, 2.05) is 21.1 Å². The molecule has 0 aliphatic heterocycles. The molecule has 0 aliphatic rings. The minimum Gasteiger partial charge on any atom is -0.453 e. The van der Waals surface area contributed by atoms with Crippen molar-refractivity contribution in [2.24, 2.45) is 0 Å². The maximum Gasteiger partial charge on any atom is 0.407 e. The van der Waals surface area contributed by atoms with E-state index in [-0.39, 0.29) is 18.9 Å². The van der Waals surface area contributed by atoms with Gasteiger partial charge in [0.2, 0.25) is 10.0 Å². The van der Waals surface area contributed by atoms with E-state index in [9.17, 15) is 18.0 Å². The molecule has 0 bridgehead atoms. The van der Waals surface area contributed by atoms with Crippen LogP contribution in [0.25, 0.3) is 0 Å². The predicted octanol–water partition coefficient (Wildman–Crippen LogP) is 5.71. The van der Waals surface area contributed by atoms with Crippen molar-refractivity contribution in [2.75, 3.05) is 60.2 Å². The Morgan fingerprint density at radius 1 is 0.732 bits per heavy atom. The van der Waals surface area contributed by atoms with E-state index in [4.69, 9.17) is 4.74 Å². The highest BCUT2D eigenvalue weighted by Gasteiger charge is 2.20. The Morgan fingerprint density at radius 2 is 1.22 bits per heavy atom. The molecule has 0 radical (unpaired) electrons. The van der Waals surface area contributed by atoms with Crippen molar-refractivity contribution in [3.63, 3.8) is 0 Å². The third-order valence-corrected chi connectivity index (χ3v) is 8.45. The van der Waals surface area contributed by atoms with E-state index in [2.05, 4.69) is 27.0 Å². The molecule has 3 N–H and O–H groups in total. The number of nitrogens with zero attached hydrogens (tertiary/aromatic N) is 1. The number of alkyl carbamates (subject to hydrolysis) is 2. The van der Waals surface area contributed by atoms with Gasteiger partial charge in [-0.15, -0.1) is 0 Å². The largest absolute Gasteiger partial charge is 0.453 e. The molecular formula is C30H63N4O6S+. The first-order valence-corrected chi connectivity index (χ1v) is 17.7. The third-order valence-electron chi connectivity index (χ3n) is 7.01. The van der Waals surface area contributed by atoms with E-state index in [0.717, 1.165) is 19.3 Å². The molecule has 0 heterocycles. The number of amides is 2. The van der Waals surface area contributed by atoms with Crippen molar-refractivity contribution in [1.82, 2.24) is 15.4 Å². The SMILES string of the molecule is CCCCCCCCCCCCCCCCCCNC(=O)OCC(CNS(=O)(=O)CCC[N+](C)(C)C)NC(=O)OC. The number of hydrogen-bond donors (Lipinski definition) is 3. The van der Waals surface area contributed by atoms with Crippen molar-refractivity contribution < 1.29 is 32.0 Å². The Labute approximate surface area is 251 Å². The molecule has 0 saturated heterocycles. The van der Waals surface area contributed by atoms with Gasteiger partial charge in [0.15, 0.2) is 0 Å². The first-order valence-electron chi connectivity index (χ1n) is 16.0. The molecule has 0 aromatic rings. The van der Waals surface area contributed by atoms with Crippen molar-refractivity contribution in [1.29, 1.82) is 0 Å². The molecule has 1 atom stereocenters. The van der Waals surface area contributed by atoms with Gasteiger partial charge in [-0.05, 0) is 6.42 Å². The summed E-state index contributed by atoms with van der Waals surface area (Å²) >= 11 is 0. The lowest BCUT2D eigenvalue weighted by atomic mass is 10.0. The number of unbranched alkanes of at least 4 members (excludes halogenated alkanes) is 15. The second-order valence-corrected chi connectivity index (χ2v) is 14.1. The summed E-state index contributed by atoms with van der Waals surface area (Å²) in [7, 11) is 3.69. The lowest BCUT2D eigenvalue weighted by Gasteiger charge is -2.23. The van der Waals surface area contributed by atoms with E-state index in [1.165, 1.54) is 90.6 Å². The van der Waals surface area contributed by atoms with E-state index in [0.29, 0.717) is 24.0 Å². The summed E-state index contributed by atoms with van der Waals surface area (Å²) in [6.07, 6.45) is 19.9. The Kier molecular flexibility index (Phi) is 24.0. The zero-order chi connectivity index (χ0) is 30.8. The number of methoxy groups -OCH3 is 1. The summed E-state index contributed by atoms with van der Waals surface area (Å²) in [5, 5.41) is 5.23. The average Bonchev–Trinajstić information content (AvgIpc) is 2.90. The van der Waals surface area contributed by atoms with E-state index in [1.54, 1.807) is 0 Å². The van der Waals surface area contributed by atoms with E-state index < -0.39 is 28.3 Å². The van der Waals surface area contributed by atoms with Crippen LogP contribution in [0.1, 0.15) is 116 Å². The predicted molar refractivity (Wildman–Crippen MR) is 168 cm³/mol. The fourth-order valence-corrected chi connectivity index (χ4v) is 5.61. The maximum atomic E-state index is 12.3. The van der Waals surface area contributed by atoms with Gasteiger partial charge in [-0.3, -0.25) is 0 Å². The van der Waals surface area contributed by atoms with Crippen LogP contribution in [0.5, 0.6) is 0 Å². The Morgan fingerprint density at radius 3 is 1.68 bits per heavy atom. The molecule has 244 valence electrons. The van der Waals surface area contributed by atoms with Crippen molar-refractivity contribution in [3.8, 4) is 0 Å². The Hall–Kier alpha value is -1.59. The maximum absolute atomic E-state index is 12.3. The summed E-state index contributed by atoms with van der Waals surface area (Å²) in [5.74, 6) is -0.0197. The standard InChI is InChI=1S/C30H62N4O6S/c1-6-7-8-9-10-11-12-13-14-15-16-17-18-19-20-21-23-31-29(35)40-27-28(33-30(36)39-5)26-32-41(37,38)25-22-24-34(2,3)4/h28,32H,6-27H2,1-5H3,(H-,31,33,35,36)/p+1. The highest BCUT2D eigenvalue weighted by atomic mass is 32.2. The van der Waals surface area contributed by atoms with Crippen LogP contribution in [-0.4, -0.2) is 91.4 Å². The minimum absolute atomic E-state index is 0.0197. The quantitative estimate of drug-likeness (QED) is 0.0812. The van der Waals surface area contributed by atoms with Gasteiger partial charge in [-0.2, -0.15) is 0 Å². The molecule has 0 aromatic carbocycles. The molecule has 0 aromatic heterocycles. The fraction of sp³-hybridized carbons (Fsp3) is 0.933. The second-order valence-electron chi connectivity index (χ2n) is 12.2. The van der Waals surface area contributed by atoms with Gasteiger partial charge in [0, 0.05) is 19.5 Å². The Bertz CT molecular complexity index is 759. The van der Waals surface area contributed by atoms with Crippen LogP contribution in [0.4, 0.5) is 9.59 Å². The lowest BCUT2D eigenvalue weighted by Crippen LogP contribution is -2.47. The van der Waals surface area contributed by atoms with Gasteiger partial charge in [0.1, 0.15) is 6.61 Å². The van der Waals surface area contributed by atoms with Crippen LogP contribution in [-0.2, 0) is 19.5 Å². The molecular weight excluding hydrogens is 544 g/mol. The van der Waals surface area contributed by atoms with Gasteiger partial charge in [-0.25, -0.2) is 22.7 Å². The molecule has 41 heavy (non-hydrogen) atoms. The number of rotatable bonds is 27. The molecule has 0 saturated carbocycles. The summed E-state index contributed by atoms with van der Waals surface area (Å²) < 4.78 is 37.6. The number of hydrogen-bond acceptors (Lipinski definition) is 6. The summed E-state index contributed by atoms with van der Waals surface area (Å²) in [5.41, 5.74) is 0. The van der Waals surface area contributed by atoms with Gasteiger partial charge in [0.05, 0.1) is 46.6 Å². The monoisotopic (exact) mass is 607 g/mol. The van der Waals surface area contributed by atoms with Gasteiger partial charge < -0.3 is 24.6 Å². The van der Waals surface area contributed by atoms with Crippen LogP contribution in [0.15, 0.2) is 0 Å². The number of quaternary nitrogens is 1. The average molecular weight is 608 g/mol. The van der Waals surface area contributed by atoms with Gasteiger partial charge in [-0.1, -0.05) is 103 Å². The zero-order valence-electron chi connectivity index (χ0n) is 26.9. The second kappa shape index (κ2) is 25.0. The summed E-state index contributed by atoms with van der Waals surface area (Å²) in [6, 6.07) is -0.753. The van der Waals surface area contributed by atoms with Crippen LogP contribution in [0.2, 0.25) is 0 Å². The lowest BCUT2D eigenvalue weighted by molar-refractivity contribution is -0.870. The molecule has 0 fully saturated rings. The van der Waals surface area contributed by atoms with Crippen LogP contribution in [0.3, 0.4) is 0 Å². The van der Waals surface area contributed by atoms with Crippen molar-refractivity contribution >= 4 is 22.2 Å². The Balaban J connectivity index is 3.90. The highest BCUT2D eigenvalue weighted by Crippen LogP contribution is 2.13. The van der Waals surface area contributed by atoms with Gasteiger partial charge >= 0.3 is 12.2 Å². The number of sulfonamides is 1. The molecule has 10 nitrogen and oxygen atoms in total. The normalized spacial score (nSPS) is 12.6. The number of carbonyl (C=O) groups excluding carboxylic acids is 2. The number of carbonyl (C=O) groups is 2. The first-order chi connectivity index (χ1) is 19.5. The van der Waals surface area contributed by atoms with Crippen LogP contribution >= 0.6 is 0 Å². The summed E-state index contributed by atoms with van der Waals surface area (Å²) in [4.78, 5) is 23.7. The summed E-state index contributed by atoms with van der Waals surface area (Å²) in [6.45, 7) is 3.22.